The van der Waals surface area contributed by atoms with E-state index in [4.69, 9.17) is 10.5 Å². The molecule has 82 valence electrons. The van der Waals surface area contributed by atoms with Crippen molar-refractivity contribution in [1.82, 2.24) is 0 Å². The summed E-state index contributed by atoms with van der Waals surface area (Å²) in [5.74, 6) is 0.409. The molecule has 0 spiro atoms. The SMILES string of the molecule is C=CC(C)Oc1ccc(F)cc1CCN. The Bertz CT molecular complexity index is 338. The van der Waals surface area contributed by atoms with Gasteiger partial charge in [0.05, 0.1) is 0 Å². The zero-order chi connectivity index (χ0) is 11.3. The van der Waals surface area contributed by atoms with E-state index in [1.807, 2.05) is 6.92 Å². The molecule has 0 aliphatic heterocycles. The van der Waals surface area contributed by atoms with E-state index in [-0.39, 0.29) is 11.9 Å². The molecule has 1 aromatic carbocycles. The normalized spacial score (nSPS) is 12.2. The highest BCUT2D eigenvalue weighted by atomic mass is 19.1. The number of halogens is 1. The summed E-state index contributed by atoms with van der Waals surface area (Å²) >= 11 is 0. The minimum atomic E-state index is -0.267. The van der Waals surface area contributed by atoms with Crippen molar-refractivity contribution in [2.24, 2.45) is 5.73 Å². The first kappa shape index (κ1) is 11.7. The molecule has 3 heteroatoms. The lowest BCUT2D eigenvalue weighted by atomic mass is 10.1. The van der Waals surface area contributed by atoms with E-state index in [9.17, 15) is 4.39 Å². The Labute approximate surface area is 89.6 Å². The Morgan fingerprint density at radius 3 is 2.93 bits per heavy atom. The molecule has 1 rings (SSSR count). The standard InChI is InChI=1S/C12H16FNO/c1-3-9(2)15-12-5-4-11(13)8-10(12)6-7-14/h3-5,8-9H,1,6-7,14H2,2H3. The molecule has 0 bridgehead atoms. The summed E-state index contributed by atoms with van der Waals surface area (Å²) < 4.78 is 18.5. The van der Waals surface area contributed by atoms with Gasteiger partial charge in [0, 0.05) is 0 Å². The van der Waals surface area contributed by atoms with Crippen LogP contribution in [0.15, 0.2) is 30.9 Å². The van der Waals surface area contributed by atoms with Crippen LogP contribution in [0.2, 0.25) is 0 Å². The van der Waals surface area contributed by atoms with Gasteiger partial charge in [0.1, 0.15) is 17.7 Å². The number of nitrogens with two attached hydrogens (primary N) is 1. The van der Waals surface area contributed by atoms with Crippen LogP contribution < -0.4 is 10.5 Å². The maximum Gasteiger partial charge on any atom is 0.123 e. The molecular weight excluding hydrogens is 193 g/mol. The van der Waals surface area contributed by atoms with Gasteiger partial charge in [-0.15, -0.1) is 0 Å². The summed E-state index contributed by atoms with van der Waals surface area (Å²) in [6.07, 6.45) is 2.21. The fourth-order valence-electron chi connectivity index (χ4n) is 1.26. The lowest BCUT2D eigenvalue weighted by Crippen LogP contribution is -2.11. The van der Waals surface area contributed by atoms with Crippen LogP contribution in [0.4, 0.5) is 4.39 Å². The molecular formula is C12H16FNO. The largest absolute Gasteiger partial charge is 0.486 e. The van der Waals surface area contributed by atoms with E-state index >= 15 is 0 Å². The van der Waals surface area contributed by atoms with Crippen LogP contribution in [0.3, 0.4) is 0 Å². The molecule has 0 aromatic heterocycles. The Balaban J connectivity index is 2.89. The van der Waals surface area contributed by atoms with E-state index in [1.165, 1.54) is 12.1 Å². The first-order chi connectivity index (χ1) is 7.17. The quantitative estimate of drug-likeness (QED) is 0.755. The molecule has 0 heterocycles. The molecule has 0 aliphatic rings. The Hall–Kier alpha value is -1.35. The van der Waals surface area contributed by atoms with Crippen LogP contribution in [0.25, 0.3) is 0 Å². The molecule has 1 unspecified atom stereocenters. The topological polar surface area (TPSA) is 35.2 Å². The van der Waals surface area contributed by atoms with Crippen LogP contribution >= 0.6 is 0 Å². The molecule has 2 nitrogen and oxygen atoms in total. The molecule has 1 aromatic rings. The van der Waals surface area contributed by atoms with E-state index in [2.05, 4.69) is 6.58 Å². The summed E-state index contributed by atoms with van der Waals surface area (Å²) in [6.45, 7) is 5.98. The highest BCUT2D eigenvalue weighted by molar-refractivity contribution is 5.34. The average Bonchev–Trinajstić information content (AvgIpc) is 2.22. The van der Waals surface area contributed by atoms with Gasteiger partial charge in [-0.2, -0.15) is 0 Å². The van der Waals surface area contributed by atoms with Crippen molar-refractivity contribution in [3.8, 4) is 5.75 Å². The van der Waals surface area contributed by atoms with Crippen molar-refractivity contribution in [3.05, 3.63) is 42.2 Å². The van der Waals surface area contributed by atoms with Crippen LogP contribution in [-0.4, -0.2) is 12.6 Å². The van der Waals surface area contributed by atoms with Gasteiger partial charge >= 0.3 is 0 Å². The second kappa shape index (κ2) is 5.51. The third-order valence-corrected chi connectivity index (χ3v) is 2.08. The summed E-state index contributed by atoms with van der Waals surface area (Å²) in [7, 11) is 0. The Kier molecular flexibility index (Phi) is 4.31. The minimum absolute atomic E-state index is 0.0908. The smallest absolute Gasteiger partial charge is 0.123 e. The van der Waals surface area contributed by atoms with Gasteiger partial charge in [0.15, 0.2) is 0 Å². The van der Waals surface area contributed by atoms with Crippen LogP contribution in [0, 0.1) is 5.82 Å². The van der Waals surface area contributed by atoms with Gasteiger partial charge in [0.2, 0.25) is 0 Å². The number of hydrogen-bond acceptors (Lipinski definition) is 2. The van der Waals surface area contributed by atoms with Gasteiger partial charge < -0.3 is 10.5 Å². The molecule has 0 radical (unpaired) electrons. The second-order valence-electron chi connectivity index (χ2n) is 3.35. The van der Waals surface area contributed by atoms with E-state index in [0.29, 0.717) is 18.7 Å². The molecule has 0 amide bonds. The average molecular weight is 209 g/mol. The summed E-state index contributed by atoms with van der Waals surface area (Å²) in [6, 6.07) is 4.46. The third-order valence-electron chi connectivity index (χ3n) is 2.08. The molecule has 0 saturated heterocycles. The van der Waals surface area contributed by atoms with Gasteiger partial charge in [-0.3, -0.25) is 0 Å². The van der Waals surface area contributed by atoms with Crippen molar-refractivity contribution < 1.29 is 9.13 Å². The van der Waals surface area contributed by atoms with E-state index in [1.54, 1.807) is 12.1 Å². The van der Waals surface area contributed by atoms with Gasteiger partial charge in [-0.1, -0.05) is 12.7 Å². The highest BCUT2D eigenvalue weighted by Gasteiger charge is 2.06. The fourth-order valence-corrected chi connectivity index (χ4v) is 1.26. The molecule has 2 N–H and O–H groups in total. The first-order valence-corrected chi connectivity index (χ1v) is 4.95. The fraction of sp³-hybridized carbons (Fsp3) is 0.333. The van der Waals surface area contributed by atoms with Crippen molar-refractivity contribution in [1.29, 1.82) is 0 Å². The van der Waals surface area contributed by atoms with Gasteiger partial charge in [-0.05, 0) is 43.7 Å². The maximum absolute atomic E-state index is 13.0. The maximum atomic E-state index is 13.0. The Morgan fingerprint density at radius 1 is 1.60 bits per heavy atom. The van der Waals surface area contributed by atoms with Crippen LogP contribution in [0.1, 0.15) is 12.5 Å². The first-order valence-electron chi connectivity index (χ1n) is 4.95. The lowest BCUT2D eigenvalue weighted by Gasteiger charge is -2.14. The highest BCUT2D eigenvalue weighted by Crippen LogP contribution is 2.21. The predicted molar refractivity (Wildman–Crippen MR) is 59.4 cm³/mol. The molecule has 15 heavy (non-hydrogen) atoms. The second-order valence-corrected chi connectivity index (χ2v) is 3.35. The Morgan fingerprint density at radius 2 is 2.33 bits per heavy atom. The summed E-state index contributed by atoms with van der Waals surface area (Å²) in [4.78, 5) is 0. The summed E-state index contributed by atoms with van der Waals surface area (Å²) in [5, 5.41) is 0. The third kappa shape index (κ3) is 3.36. The number of rotatable bonds is 5. The molecule has 0 aliphatic carbocycles. The number of benzene rings is 1. The molecule has 0 saturated carbocycles. The minimum Gasteiger partial charge on any atom is -0.486 e. The monoisotopic (exact) mass is 209 g/mol. The summed E-state index contributed by atoms with van der Waals surface area (Å²) in [5.41, 5.74) is 6.24. The van der Waals surface area contributed by atoms with E-state index < -0.39 is 0 Å². The number of ether oxygens (including phenoxy) is 1. The number of hydrogen-bond donors (Lipinski definition) is 1. The predicted octanol–water partition coefficient (Wildman–Crippen LogP) is 2.28. The van der Waals surface area contributed by atoms with Crippen LogP contribution in [0.5, 0.6) is 5.75 Å². The van der Waals surface area contributed by atoms with E-state index in [0.717, 1.165) is 5.56 Å². The zero-order valence-corrected chi connectivity index (χ0v) is 8.87. The van der Waals surface area contributed by atoms with Crippen molar-refractivity contribution >= 4 is 0 Å². The van der Waals surface area contributed by atoms with Gasteiger partial charge in [-0.25, -0.2) is 4.39 Å². The molecule has 0 fully saturated rings. The van der Waals surface area contributed by atoms with Crippen molar-refractivity contribution in [2.75, 3.05) is 6.54 Å². The molecule has 1 atom stereocenters. The van der Waals surface area contributed by atoms with Crippen molar-refractivity contribution in [3.63, 3.8) is 0 Å². The van der Waals surface area contributed by atoms with Crippen molar-refractivity contribution in [2.45, 2.75) is 19.4 Å². The zero-order valence-electron chi connectivity index (χ0n) is 8.87. The van der Waals surface area contributed by atoms with Crippen LogP contribution in [-0.2, 0) is 6.42 Å². The van der Waals surface area contributed by atoms with Gasteiger partial charge in [0.25, 0.3) is 0 Å². The lowest BCUT2D eigenvalue weighted by molar-refractivity contribution is 0.267.